The molecule has 0 atom stereocenters. The Balaban J connectivity index is 0.00000103. The van der Waals surface area contributed by atoms with Crippen molar-refractivity contribution >= 4 is 53.5 Å². The first kappa shape index (κ1) is 29.5. The Morgan fingerprint density at radius 3 is 0.971 bits per heavy atom. The summed E-state index contributed by atoms with van der Waals surface area (Å²) < 4.78 is 0. The molecule has 4 aromatic carbocycles. The van der Waals surface area contributed by atoms with E-state index in [0.29, 0.717) is 0 Å². The van der Waals surface area contributed by atoms with Crippen molar-refractivity contribution in [3.8, 4) is 0 Å². The Labute approximate surface area is 226 Å². The summed E-state index contributed by atoms with van der Waals surface area (Å²) in [6.45, 7) is 5.13. The van der Waals surface area contributed by atoms with E-state index in [1.54, 1.807) is 17.3 Å². The average molecular weight is 609 g/mol. The van der Waals surface area contributed by atoms with Crippen molar-refractivity contribution in [2.24, 2.45) is 0 Å². The van der Waals surface area contributed by atoms with Crippen LogP contribution in [-0.4, -0.2) is 32.2 Å². The Bertz CT molecular complexity index is 879. The van der Waals surface area contributed by atoms with E-state index in [-0.39, 0.29) is 0 Å². The maximum Gasteiger partial charge on any atom is 0.0966 e. The van der Waals surface area contributed by atoms with Crippen LogP contribution in [0, 0.1) is 0 Å². The molecule has 0 amide bonds. The van der Waals surface area contributed by atoms with E-state index in [1.807, 2.05) is 0 Å². The van der Waals surface area contributed by atoms with Crippen LogP contribution >= 0.6 is 25.5 Å². The minimum atomic E-state index is -0.789. The molecule has 0 fully saturated rings. The summed E-state index contributed by atoms with van der Waals surface area (Å²) in [4.78, 5) is 7.75. The van der Waals surface area contributed by atoms with E-state index in [9.17, 15) is 0 Å². The fourth-order valence-electron chi connectivity index (χ4n) is 3.96. The molecule has 6 heteroatoms. The summed E-state index contributed by atoms with van der Waals surface area (Å²) in [6, 6.07) is 44.0. The third-order valence-electron chi connectivity index (χ3n) is 5.53. The van der Waals surface area contributed by atoms with Crippen LogP contribution in [0.15, 0.2) is 121 Å². The van der Waals surface area contributed by atoms with Gasteiger partial charge in [0.2, 0.25) is 0 Å². The number of nitrogens with zero attached hydrogens (tertiary/aromatic N) is 1. The van der Waals surface area contributed by atoms with Crippen LogP contribution in [0.1, 0.15) is 0 Å². The largest absolute Gasteiger partial charge is 0.656 e. The van der Waals surface area contributed by atoms with Gasteiger partial charge in [-0.2, -0.15) is 0 Å². The second kappa shape index (κ2) is 18.5. The second-order valence-electron chi connectivity index (χ2n) is 7.59. The van der Waals surface area contributed by atoms with Gasteiger partial charge >= 0.3 is 27.0 Å². The van der Waals surface area contributed by atoms with Gasteiger partial charge in [-0.15, -0.1) is 13.1 Å². The van der Waals surface area contributed by atoms with Crippen molar-refractivity contribution in [2.75, 3.05) is 25.4 Å². The van der Waals surface area contributed by atoms with Gasteiger partial charge < -0.3 is 10.1 Å². The number of benzene rings is 4. The van der Waals surface area contributed by atoms with Gasteiger partial charge in [0, 0.05) is 12.3 Å². The third kappa shape index (κ3) is 10.0. The fraction of sp³-hybridized carbons (Fsp3) is 0.138. The van der Waals surface area contributed by atoms with Gasteiger partial charge in [0.15, 0.2) is 0 Å². The molecule has 0 unspecified atom stereocenters. The molecule has 0 bridgehead atoms. The SMILES string of the molecule is [CH-]=O.[Cl][RuH+2].c1ccc([PH+](CC[N-]CC[PH+](c2ccccc2)c2ccccc2)c2ccccc2)cc1. The average Bonchev–Trinajstić information content (AvgIpc) is 2.97. The summed E-state index contributed by atoms with van der Waals surface area (Å²) in [7, 11) is 3.03. The number of halogens is 1. The van der Waals surface area contributed by atoms with Crippen LogP contribution in [0.4, 0.5) is 0 Å². The van der Waals surface area contributed by atoms with Crippen LogP contribution in [0.2, 0.25) is 0 Å². The molecule has 0 spiro atoms. The molecule has 4 rings (SSSR count). The maximum absolute atomic E-state index is 7.75. The number of hydrogen-bond acceptors (Lipinski definition) is 1. The van der Waals surface area contributed by atoms with Crippen molar-refractivity contribution in [1.82, 2.24) is 0 Å². The van der Waals surface area contributed by atoms with E-state index < -0.39 is 15.8 Å². The Morgan fingerprint density at radius 1 is 0.514 bits per heavy atom. The summed E-state index contributed by atoms with van der Waals surface area (Å²) in [6.07, 6.45) is 2.30. The molecule has 182 valence electrons. The van der Waals surface area contributed by atoms with Gasteiger partial charge in [0.05, 0.1) is 37.1 Å². The summed E-state index contributed by atoms with van der Waals surface area (Å²) in [5.41, 5.74) is 0. The topological polar surface area (TPSA) is 31.2 Å². The molecular formula is C29H32ClNOP2Ru+2. The molecule has 0 radical (unpaired) electrons. The molecule has 0 heterocycles. The minimum Gasteiger partial charge on any atom is -0.656 e. The van der Waals surface area contributed by atoms with E-state index in [2.05, 4.69) is 138 Å². The van der Waals surface area contributed by atoms with Crippen LogP contribution in [0.3, 0.4) is 0 Å². The van der Waals surface area contributed by atoms with Gasteiger partial charge in [-0.05, 0) is 48.5 Å². The first-order valence-corrected chi connectivity index (χ1v) is 17.2. The predicted octanol–water partition coefficient (Wildman–Crippen LogP) is 5.24. The first-order chi connectivity index (χ1) is 17.4. The molecular weight excluding hydrogens is 577 g/mol. The van der Waals surface area contributed by atoms with Gasteiger partial charge in [0.1, 0.15) is 0 Å². The molecule has 0 aliphatic carbocycles. The summed E-state index contributed by atoms with van der Waals surface area (Å²) >= 11 is 1.62. The minimum absolute atomic E-state index is 0.789. The zero-order chi connectivity index (χ0) is 25.1. The number of carbonyl (C=O) groups excluding carboxylic acids is 1. The molecule has 0 saturated heterocycles. The standard InChI is InChI=1S/C28H28NP2.CHO.ClH.Ru.H/c1-5-13-25(14-6-1)30(26-15-7-2-8-16-26)23-21-29-22-24-31(27-17-9-3-10-18-27)28-19-11-4-12-20-28;1-2;;;/h1-20H,21-24H2;1H;1H;;/q2*-1;;+3;/p+1. The van der Waals surface area contributed by atoms with E-state index in [0.717, 1.165) is 25.4 Å². The smallest absolute Gasteiger partial charge is 0.0966 e. The quantitative estimate of drug-likeness (QED) is 0.0797. The fourth-order valence-corrected chi connectivity index (χ4v) is 8.93. The first-order valence-electron chi connectivity index (χ1n) is 11.4. The van der Waals surface area contributed by atoms with Crippen LogP contribution in [0.25, 0.3) is 5.32 Å². The molecule has 0 aromatic heterocycles. The number of rotatable bonds is 10. The van der Waals surface area contributed by atoms with Crippen LogP contribution in [-0.2, 0) is 22.1 Å². The van der Waals surface area contributed by atoms with Crippen molar-refractivity contribution in [3.63, 3.8) is 0 Å². The van der Waals surface area contributed by atoms with E-state index in [4.69, 9.17) is 10.1 Å². The Hall–Kier alpha value is -1.72. The molecule has 0 saturated carbocycles. The van der Waals surface area contributed by atoms with Gasteiger partial charge in [-0.25, -0.2) is 0 Å². The summed E-state index contributed by atoms with van der Waals surface area (Å²) in [5, 5.41) is 10.9. The van der Waals surface area contributed by atoms with Gasteiger partial charge in [0.25, 0.3) is 0 Å². The molecule has 0 aliphatic heterocycles. The van der Waals surface area contributed by atoms with Crippen molar-refractivity contribution in [1.29, 1.82) is 0 Å². The Morgan fingerprint density at radius 2 is 0.743 bits per heavy atom. The van der Waals surface area contributed by atoms with Gasteiger partial charge in [-0.1, -0.05) is 72.8 Å². The maximum atomic E-state index is 7.75. The van der Waals surface area contributed by atoms with E-state index >= 15 is 0 Å². The van der Waals surface area contributed by atoms with Crippen LogP contribution in [0.5, 0.6) is 0 Å². The molecule has 0 N–H and O–H groups in total. The van der Waals surface area contributed by atoms with Crippen molar-refractivity contribution in [2.45, 2.75) is 0 Å². The summed E-state index contributed by atoms with van der Waals surface area (Å²) in [5.74, 6) is 0. The Kier molecular flexibility index (Phi) is 15.6. The molecule has 2 nitrogen and oxygen atoms in total. The van der Waals surface area contributed by atoms with Gasteiger partial charge in [-0.3, -0.25) is 6.79 Å². The molecule has 0 aliphatic rings. The monoisotopic (exact) mass is 609 g/mol. The van der Waals surface area contributed by atoms with Crippen molar-refractivity contribution in [3.05, 3.63) is 127 Å². The molecule has 4 aromatic rings. The normalized spacial score (nSPS) is 10.2. The zero-order valence-electron chi connectivity index (χ0n) is 19.6. The van der Waals surface area contributed by atoms with Crippen LogP contribution < -0.4 is 21.2 Å². The zero-order valence-corrected chi connectivity index (χ0v) is 24.2. The predicted molar refractivity (Wildman–Crippen MR) is 158 cm³/mol. The molecule has 35 heavy (non-hydrogen) atoms. The van der Waals surface area contributed by atoms with E-state index in [1.165, 1.54) is 21.2 Å². The third-order valence-corrected chi connectivity index (χ3v) is 11.1. The second-order valence-corrected chi connectivity index (χ2v) is 12.8. The number of hydrogen-bond donors (Lipinski definition) is 0. The van der Waals surface area contributed by atoms with Crippen molar-refractivity contribution < 1.29 is 22.1 Å².